The number of rotatable bonds is 6. The Morgan fingerprint density at radius 1 is 1.15 bits per heavy atom. The molecule has 1 aromatic carbocycles. The van der Waals surface area contributed by atoms with Gasteiger partial charge in [-0.3, -0.25) is 0 Å². The Balaban J connectivity index is 1.75. The highest BCUT2D eigenvalue weighted by atomic mass is 31.2. The smallest absolute Gasteiger partial charge is 0.00730 e. The van der Waals surface area contributed by atoms with E-state index in [2.05, 4.69) is 69.9 Å². The Labute approximate surface area is 167 Å². The van der Waals surface area contributed by atoms with Crippen LogP contribution in [0, 0.1) is 11.8 Å². The van der Waals surface area contributed by atoms with Crippen molar-refractivity contribution in [1.82, 2.24) is 0 Å². The van der Waals surface area contributed by atoms with Gasteiger partial charge in [0.05, 0.1) is 0 Å². The fraction of sp³-hybridized carbons (Fsp3) is 0.500. The summed E-state index contributed by atoms with van der Waals surface area (Å²) in [5.74, 6) is 1.70. The molecule has 1 aromatic rings. The third-order valence-corrected chi connectivity index (χ3v) is 8.65. The van der Waals surface area contributed by atoms with Crippen molar-refractivity contribution >= 4 is 18.8 Å². The van der Waals surface area contributed by atoms with Crippen LogP contribution in [0.3, 0.4) is 0 Å². The normalized spacial score (nSPS) is 22.7. The fourth-order valence-corrected chi connectivity index (χ4v) is 7.18. The second-order valence-electron chi connectivity index (χ2n) is 9.34. The third kappa shape index (κ3) is 5.39. The van der Waals surface area contributed by atoms with Gasteiger partial charge in [-0.1, -0.05) is 61.9 Å². The molecular formula is C26H37P. The van der Waals surface area contributed by atoms with Crippen molar-refractivity contribution in [2.24, 2.45) is 11.8 Å². The molecule has 0 nitrogen and oxygen atoms in total. The molecule has 0 spiro atoms. The van der Waals surface area contributed by atoms with Crippen LogP contribution in [0.15, 0.2) is 53.6 Å². The van der Waals surface area contributed by atoms with Crippen molar-refractivity contribution in [3.63, 3.8) is 0 Å². The zero-order chi connectivity index (χ0) is 19.4. The average Bonchev–Trinajstić information content (AvgIpc) is 2.62. The van der Waals surface area contributed by atoms with Crippen LogP contribution in [0.1, 0.15) is 64.0 Å². The summed E-state index contributed by atoms with van der Waals surface area (Å²) < 4.78 is 0. The molecular weight excluding hydrogens is 343 g/mol. The number of benzene rings is 1. The largest absolute Gasteiger partial charge is 0.107 e. The summed E-state index contributed by atoms with van der Waals surface area (Å²) in [6.45, 7) is 8.23. The minimum Gasteiger partial charge on any atom is -0.107 e. The van der Waals surface area contributed by atoms with Gasteiger partial charge in [0.25, 0.3) is 0 Å². The minimum atomic E-state index is -1.23. The first-order valence-electron chi connectivity index (χ1n) is 10.7. The predicted molar refractivity (Wildman–Crippen MR) is 126 cm³/mol. The highest BCUT2D eigenvalue weighted by Gasteiger charge is 2.21. The van der Waals surface area contributed by atoms with Gasteiger partial charge in [0, 0.05) is 0 Å². The van der Waals surface area contributed by atoms with Gasteiger partial charge in [-0.25, -0.2) is 0 Å². The van der Waals surface area contributed by atoms with Crippen molar-refractivity contribution in [3.05, 3.63) is 64.8 Å². The van der Waals surface area contributed by atoms with Crippen molar-refractivity contribution in [1.29, 1.82) is 0 Å². The van der Waals surface area contributed by atoms with E-state index in [9.17, 15) is 0 Å². The van der Waals surface area contributed by atoms with Crippen molar-refractivity contribution in [2.75, 3.05) is 12.8 Å². The van der Waals surface area contributed by atoms with Crippen LogP contribution in [0.2, 0.25) is 0 Å². The first-order chi connectivity index (χ1) is 12.9. The van der Waals surface area contributed by atoms with E-state index < -0.39 is 6.89 Å². The Morgan fingerprint density at radius 2 is 1.93 bits per heavy atom. The maximum atomic E-state index is 4.76. The number of hydrogen-bond acceptors (Lipinski definition) is 0. The first kappa shape index (κ1) is 20.5. The summed E-state index contributed by atoms with van der Waals surface area (Å²) in [5.41, 5.74) is 7.67. The van der Waals surface area contributed by atoms with Crippen molar-refractivity contribution in [2.45, 2.75) is 59.0 Å². The molecule has 0 saturated heterocycles. The highest BCUT2D eigenvalue weighted by molar-refractivity contribution is 7.72. The minimum absolute atomic E-state index is 0.816. The molecule has 3 rings (SSSR count). The zero-order valence-corrected chi connectivity index (χ0v) is 18.7. The van der Waals surface area contributed by atoms with Gasteiger partial charge in [-0.05, 0) is 92.1 Å². The Bertz CT molecular complexity index is 803. The molecule has 0 aliphatic heterocycles. The van der Waals surface area contributed by atoms with Crippen molar-refractivity contribution in [3.8, 4) is 0 Å². The van der Waals surface area contributed by atoms with Crippen LogP contribution in [0.4, 0.5) is 0 Å². The van der Waals surface area contributed by atoms with Crippen LogP contribution in [-0.4, -0.2) is 19.1 Å². The maximum Gasteiger partial charge on any atom is -0.00730 e. The summed E-state index contributed by atoms with van der Waals surface area (Å²) in [7, 11) is 0. The van der Waals surface area contributed by atoms with Gasteiger partial charge in [0.2, 0.25) is 0 Å². The van der Waals surface area contributed by atoms with Gasteiger partial charge < -0.3 is 0 Å². The molecule has 0 amide bonds. The fourth-order valence-electron chi connectivity index (χ4n) is 4.70. The molecule has 0 aromatic heterocycles. The van der Waals surface area contributed by atoms with E-state index in [4.69, 9.17) is 6.30 Å². The third-order valence-electron chi connectivity index (χ3n) is 6.37. The predicted octanol–water partition coefficient (Wildman–Crippen LogP) is 7.77. The van der Waals surface area contributed by atoms with E-state index in [-0.39, 0.29) is 0 Å². The average molecular weight is 381 g/mol. The first-order valence-corrected chi connectivity index (χ1v) is 13.5. The van der Waals surface area contributed by atoms with E-state index in [1.165, 1.54) is 55.0 Å². The molecule has 27 heavy (non-hydrogen) atoms. The summed E-state index contributed by atoms with van der Waals surface area (Å²) >= 11 is 0. The van der Waals surface area contributed by atoms with Gasteiger partial charge in [0.1, 0.15) is 0 Å². The summed E-state index contributed by atoms with van der Waals surface area (Å²) in [6.07, 6.45) is 20.6. The lowest BCUT2D eigenvalue weighted by Gasteiger charge is -2.29. The van der Waals surface area contributed by atoms with Gasteiger partial charge in [-0.15, -0.1) is 13.2 Å². The van der Waals surface area contributed by atoms with Crippen LogP contribution in [0.25, 0.3) is 5.57 Å². The molecule has 0 heterocycles. The molecule has 2 aliphatic carbocycles. The second-order valence-corrected chi connectivity index (χ2v) is 13.2. The van der Waals surface area contributed by atoms with E-state index in [1.807, 2.05) is 0 Å². The topological polar surface area (TPSA) is 0 Å². The quantitative estimate of drug-likeness (QED) is 0.349. The second kappa shape index (κ2) is 8.83. The molecule has 2 aliphatic rings. The van der Waals surface area contributed by atoms with E-state index in [0.29, 0.717) is 0 Å². The van der Waals surface area contributed by atoms with Gasteiger partial charge in [0.15, 0.2) is 0 Å². The number of allylic oxidation sites excluding steroid dienone is 6. The lowest BCUT2D eigenvalue weighted by atomic mass is 9.83. The molecule has 146 valence electrons. The Kier molecular flexibility index (Phi) is 6.69. The monoisotopic (exact) mass is 380 g/mol. The van der Waals surface area contributed by atoms with Gasteiger partial charge in [-0.2, -0.15) is 0 Å². The summed E-state index contributed by atoms with van der Waals surface area (Å²) in [5, 5.41) is 0. The van der Waals surface area contributed by atoms with E-state index in [1.54, 1.807) is 11.1 Å². The summed E-state index contributed by atoms with van der Waals surface area (Å²) in [4.78, 5) is 0. The molecule has 1 heteroatoms. The van der Waals surface area contributed by atoms with E-state index >= 15 is 0 Å². The van der Waals surface area contributed by atoms with Crippen LogP contribution in [-0.2, 0) is 6.16 Å². The lowest BCUT2D eigenvalue weighted by Crippen LogP contribution is -2.13. The van der Waals surface area contributed by atoms with Crippen LogP contribution < -0.4 is 0 Å². The maximum absolute atomic E-state index is 4.76. The molecule has 0 bridgehead atoms. The standard InChI is InChI=1S/C26H37P/c1-20(2)23-16-14-22(15-17-23)18-27(4,5)19-24-11-7-9-13-26(24)25-12-8-6-10-21(25)3/h6-7,9-11,13-14,20,23H,4,8,12,15-19H2,1-3,5H3. The van der Waals surface area contributed by atoms with Crippen molar-refractivity contribution < 1.29 is 0 Å². The number of hydrogen-bond donors (Lipinski definition) is 0. The van der Waals surface area contributed by atoms with Crippen LogP contribution in [0.5, 0.6) is 0 Å². The molecule has 0 radical (unpaired) electrons. The van der Waals surface area contributed by atoms with Gasteiger partial charge >= 0.3 is 0 Å². The van der Waals surface area contributed by atoms with E-state index in [0.717, 1.165) is 18.0 Å². The van der Waals surface area contributed by atoms with Crippen LogP contribution >= 0.6 is 6.89 Å². The SMILES string of the molecule is C=P(C)(CC1=CCC(C(C)C)CC1)Cc1ccccc1C1=C(C)C=CCC1. The molecule has 0 N–H and O–H groups in total. The highest BCUT2D eigenvalue weighted by Crippen LogP contribution is 2.49. The molecule has 2 unspecified atom stereocenters. The lowest BCUT2D eigenvalue weighted by molar-refractivity contribution is 0.351. The molecule has 0 saturated carbocycles. The Morgan fingerprint density at radius 3 is 2.59 bits per heavy atom. The Hall–Kier alpha value is -1.26. The zero-order valence-electron chi connectivity index (χ0n) is 17.8. The molecule has 2 atom stereocenters. The molecule has 0 fully saturated rings. The summed E-state index contributed by atoms with van der Waals surface area (Å²) in [6, 6.07) is 9.09.